The highest BCUT2D eigenvalue weighted by Crippen LogP contribution is 2.20. The van der Waals surface area contributed by atoms with Gasteiger partial charge in [0, 0.05) is 22.8 Å². The van der Waals surface area contributed by atoms with Gasteiger partial charge in [-0.25, -0.2) is 0 Å². The molecule has 3 rings (SSSR count). The summed E-state index contributed by atoms with van der Waals surface area (Å²) in [7, 11) is 0. The molecule has 132 valence electrons. The van der Waals surface area contributed by atoms with Gasteiger partial charge in [-0.3, -0.25) is 19.9 Å². The summed E-state index contributed by atoms with van der Waals surface area (Å²) in [6.45, 7) is 2.14. The Bertz CT molecular complexity index is 949. The van der Waals surface area contributed by atoms with Crippen LogP contribution in [0.15, 0.2) is 54.7 Å². The van der Waals surface area contributed by atoms with Gasteiger partial charge in [0.05, 0.1) is 0 Å². The van der Waals surface area contributed by atoms with Crippen molar-refractivity contribution in [1.82, 2.24) is 10.3 Å². The summed E-state index contributed by atoms with van der Waals surface area (Å²) in [6.07, 6.45) is 4.72. The van der Waals surface area contributed by atoms with Crippen LogP contribution in [0.1, 0.15) is 46.2 Å². The molecule has 26 heavy (non-hydrogen) atoms. The lowest BCUT2D eigenvalue weighted by atomic mass is 10.0. The van der Waals surface area contributed by atoms with Crippen LogP contribution in [0, 0.1) is 0 Å². The van der Waals surface area contributed by atoms with Crippen LogP contribution < -0.4 is 11.1 Å². The van der Waals surface area contributed by atoms with Crippen LogP contribution in [0.4, 0.5) is 5.69 Å². The van der Waals surface area contributed by atoms with Crippen LogP contribution in [-0.4, -0.2) is 16.8 Å². The number of hydrogen-bond donors (Lipinski definition) is 2. The van der Waals surface area contributed by atoms with Gasteiger partial charge in [-0.2, -0.15) is 0 Å². The Hall–Kier alpha value is -3.21. The minimum atomic E-state index is -0.509. The number of aryl methyl sites for hydroxylation is 1. The van der Waals surface area contributed by atoms with E-state index in [2.05, 4.69) is 23.3 Å². The SMILES string of the molecule is CCCCc1ccc2ccnc(C(=O)NC(=O)c3ccc(N)cc3)c2c1. The molecule has 3 N–H and O–H groups in total. The molecule has 0 saturated carbocycles. The Morgan fingerprint density at radius 1 is 1.04 bits per heavy atom. The standard InChI is InChI=1S/C21H21N3O2/c1-2-3-4-14-5-6-15-11-12-23-19(18(15)13-14)21(26)24-20(25)16-7-9-17(22)10-8-16/h5-13H,2-4,22H2,1H3,(H,24,25,26). The van der Waals surface area contributed by atoms with Gasteiger partial charge >= 0.3 is 0 Å². The molecule has 1 heterocycles. The summed E-state index contributed by atoms with van der Waals surface area (Å²) >= 11 is 0. The number of imide groups is 1. The van der Waals surface area contributed by atoms with Crippen LogP contribution in [0.5, 0.6) is 0 Å². The van der Waals surface area contributed by atoms with Crippen LogP contribution in [0.25, 0.3) is 10.8 Å². The van der Waals surface area contributed by atoms with Gasteiger partial charge in [0.2, 0.25) is 0 Å². The normalized spacial score (nSPS) is 10.7. The summed E-state index contributed by atoms with van der Waals surface area (Å²) in [5, 5.41) is 4.08. The van der Waals surface area contributed by atoms with E-state index in [0.717, 1.165) is 35.6 Å². The molecule has 0 fully saturated rings. The average Bonchev–Trinajstić information content (AvgIpc) is 2.66. The number of nitrogens with zero attached hydrogens (tertiary/aromatic N) is 1. The number of pyridine rings is 1. The van der Waals surface area contributed by atoms with E-state index in [1.54, 1.807) is 30.5 Å². The number of unbranched alkanes of at least 4 members (excludes halogenated alkanes) is 1. The van der Waals surface area contributed by atoms with Crippen LogP contribution in [0.3, 0.4) is 0 Å². The number of amides is 2. The molecule has 2 amide bonds. The maximum Gasteiger partial charge on any atom is 0.277 e. The lowest BCUT2D eigenvalue weighted by Gasteiger charge is -2.08. The van der Waals surface area contributed by atoms with Crippen molar-refractivity contribution in [2.24, 2.45) is 0 Å². The number of rotatable bonds is 5. The largest absolute Gasteiger partial charge is 0.399 e. The third kappa shape index (κ3) is 3.88. The van der Waals surface area contributed by atoms with E-state index in [9.17, 15) is 9.59 Å². The van der Waals surface area contributed by atoms with E-state index < -0.39 is 11.8 Å². The van der Waals surface area contributed by atoms with E-state index in [4.69, 9.17) is 5.73 Å². The molecule has 0 unspecified atom stereocenters. The third-order valence-corrected chi connectivity index (χ3v) is 4.26. The van der Waals surface area contributed by atoms with Crippen molar-refractivity contribution in [3.63, 3.8) is 0 Å². The van der Waals surface area contributed by atoms with Gasteiger partial charge in [0.25, 0.3) is 11.8 Å². The Morgan fingerprint density at radius 2 is 1.81 bits per heavy atom. The van der Waals surface area contributed by atoms with Gasteiger partial charge in [0.1, 0.15) is 5.69 Å². The van der Waals surface area contributed by atoms with Gasteiger partial charge in [-0.05, 0) is 60.2 Å². The predicted molar refractivity (Wildman–Crippen MR) is 103 cm³/mol. The number of hydrogen-bond acceptors (Lipinski definition) is 4. The first kappa shape index (κ1) is 17.6. The first-order valence-electron chi connectivity index (χ1n) is 8.67. The molecule has 0 aliphatic heterocycles. The first-order valence-corrected chi connectivity index (χ1v) is 8.67. The fourth-order valence-electron chi connectivity index (χ4n) is 2.80. The molecule has 1 aromatic heterocycles. The summed E-state index contributed by atoms with van der Waals surface area (Å²) < 4.78 is 0. The summed E-state index contributed by atoms with van der Waals surface area (Å²) in [5.41, 5.74) is 7.96. The maximum absolute atomic E-state index is 12.6. The van der Waals surface area contributed by atoms with E-state index >= 15 is 0 Å². The summed E-state index contributed by atoms with van der Waals surface area (Å²) in [4.78, 5) is 29.1. The second-order valence-corrected chi connectivity index (χ2v) is 6.22. The molecule has 5 nitrogen and oxygen atoms in total. The average molecular weight is 347 g/mol. The number of anilines is 1. The zero-order chi connectivity index (χ0) is 18.5. The van der Waals surface area contributed by atoms with Crippen molar-refractivity contribution in [3.05, 3.63) is 71.5 Å². The number of nitrogens with two attached hydrogens (primary N) is 1. The Kier molecular flexibility index (Phi) is 5.27. The number of benzene rings is 2. The number of nitrogen functional groups attached to an aromatic ring is 1. The van der Waals surface area contributed by atoms with E-state index in [1.165, 1.54) is 0 Å². The smallest absolute Gasteiger partial charge is 0.277 e. The topological polar surface area (TPSA) is 85.1 Å². The number of nitrogens with one attached hydrogen (secondary N) is 1. The summed E-state index contributed by atoms with van der Waals surface area (Å²) in [6, 6.07) is 14.3. The molecule has 5 heteroatoms. The minimum Gasteiger partial charge on any atom is -0.399 e. The molecule has 0 atom stereocenters. The van der Waals surface area contributed by atoms with Crippen molar-refractivity contribution in [1.29, 1.82) is 0 Å². The van der Waals surface area contributed by atoms with Gasteiger partial charge in [-0.15, -0.1) is 0 Å². The van der Waals surface area contributed by atoms with Crippen molar-refractivity contribution < 1.29 is 9.59 Å². The fraction of sp³-hybridized carbons (Fsp3) is 0.190. The molecule has 0 aliphatic rings. The molecule has 0 saturated heterocycles. The quantitative estimate of drug-likeness (QED) is 0.544. The molecular weight excluding hydrogens is 326 g/mol. The van der Waals surface area contributed by atoms with Crippen molar-refractivity contribution in [3.8, 4) is 0 Å². The number of aromatic nitrogens is 1. The first-order chi connectivity index (χ1) is 12.6. The third-order valence-electron chi connectivity index (χ3n) is 4.26. The monoisotopic (exact) mass is 347 g/mol. The highest BCUT2D eigenvalue weighted by atomic mass is 16.2. The van der Waals surface area contributed by atoms with Crippen molar-refractivity contribution in [2.75, 3.05) is 5.73 Å². The second kappa shape index (κ2) is 7.78. The number of carbonyl (C=O) groups excluding carboxylic acids is 2. The van der Waals surface area contributed by atoms with E-state index in [0.29, 0.717) is 11.3 Å². The molecule has 0 bridgehead atoms. The zero-order valence-electron chi connectivity index (χ0n) is 14.7. The molecule has 0 aliphatic carbocycles. The van der Waals surface area contributed by atoms with Crippen LogP contribution >= 0.6 is 0 Å². The molecule has 0 spiro atoms. The van der Waals surface area contributed by atoms with E-state index in [-0.39, 0.29) is 5.69 Å². The molecule has 0 radical (unpaired) electrons. The van der Waals surface area contributed by atoms with Gasteiger partial charge < -0.3 is 5.73 Å². The predicted octanol–water partition coefficient (Wildman–Crippen LogP) is 3.73. The highest BCUT2D eigenvalue weighted by molar-refractivity contribution is 6.14. The number of carbonyl (C=O) groups is 2. The molecule has 3 aromatic rings. The minimum absolute atomic E-state index is 0.254. The summed E-state index contributed by atoms with van der Waals surface area (Å²) in [5.74, 6) is -0.985. The Labute approximate surface area is 152 Å². The van der Waals surface area contributed by atoms with Gasteiger partial charge in [-0.1, -0.05) is 25.5 Å². The van der Waals surface area contributed by atoms with E-state index in [1.807, 2.05) is 18.2 Å². The Morgan fingerprint density at radius 3 is 2.54 bits per heavy atom. The Balaban J connectivity index is 1.87. The van der Waals surface area contributed by atoms with Crippen LogP contribution in [0.2, 0.25) is 0 Å². The van der Waals surface area contributed by atoms with Gasteiger partial charge in [0.15, 0.2) is 0 Å². The second-order valence-electron chi connectivity index (χ2n) is 6.22. The molecular formula is C21H21N3O2. The zero-order valence-corrected chi connectivity index (χ0v) is 14.7. The lowest BCUT2D eigenvalue weighted by Crippen LogP contribution is -2.31. The van der Waals surface area contributed by atoms with Crippen molar-refractivity contribution >= 4 is 28.3 Å². The van der Waals surface area contributed by atoms with Crippen LogP contribution in [-0.2, 0) is 6.42 Å². The lowest BCUT2D eigenvalue weighted by molar-refractivity contribution is 0.0847. The fourth-order valence-corrected chi connectivity index (χ4v) is 2.80. The highest BCUT2D eigenvalue weighted by Gasteiger charge is 2.16. The molecule has 2 aromatic carbocycles. The number of fused-ring (bicyclic) bond motifs is 1. The maximum atomic E-state index is 12.6. The van der Waals surface area contributed by atoms with Crippen molar-refractivity contribution in [2.45, 2.75) is 26.2 Å².